The number of ether oxygens (including phenoxy) is 1. The van der Waals surface area contributed by atoms with Crippen LogP contribution in [-0.2, 0) is 86.9 Å². The molecule has 748 valence electrons. The number of likely N-dealkylation sites (N-methyl/N-ethyl adjacent to an activating group) is 1. The molecule has 9 aromatic carbocycles. The molecule has 9 N–H and O–H groups in total. The summed E-state index contributed by atoms with van der Waals surface area (Å²) < 4.78 is 181. The first-order valence-electron chi connectivity index (χ1n) is 47.6. The Balaban J connectivity index is 0.566. The minimum absolute atomic E-state index is 0.00167. The van der Waals surface area contributed by atoms with Gasteiger partial charge in [0.05, 0.1) is 20.4 Å². The van der Waals surface area contributed by atoms with E-state index in [0.29, 0.717) is 138 Å². The van der Waals surface area contributed by atoms with E-state index in [1.54, 1.807) is 98.9 Å². The number of rotatable bonds is 35. The zero-order chi connectivity index (χ0) is 101. The quantitative estimate of drug-likeness (QED) is 0.0101. The molecule has 1 aromatic heterocycles. The first-order chi connectivity index (χ1) is 67.4. The molecular formula is C105H117N11O20S6. The van der Waals surface area contributed by atoms with Crippen molar-refractivity contribution in [3.8, 4) is 22.8 Å². The number of anilines is 4. The molecule has 1 aliphatic carbocycles. The van der Waals surface area contributed by atoms with Crippen molar-refractivity contribution in [3.63, 3.8) is 0 Å². The highest BCUT2D eigenvalue weighted by Crippen LogP contribution is 2.53. The van der Waals surface area contributed by atoms with Crippen LogP contribution >= 0.6 is 11.3 Å². The zero-order valence-corrected chi connectivity index (χ0v) is 84.8. The number of sulfonamides is 1. The third kappa shape index (κ3) is 22.0. The molecule has 5 aliphatic heterocycles. The van der Waals surface area contributed by atoms with Gasteiger partial charge in [-0.15, -0.1) is 11.3 Å². The van der Waals surface area contributed by atoms with Gasteiger partial charge in [0.15, 0.2) is 5.13 Å². The maximum absolute atomic E-state index is 15.1. The van der Waals surface area contributed by atoms with E-state index in [9.17, 15) is 71.1 Å². The third-order valence-corrected chi connectivity index (χ3v) is 34.5. The number of aromatic nitrogens is 1. The third-order valence-electron chi connectivity index (χ3n) is 28.2. The van der Waals surface area contributed by atoms with Gasteiger partial charge in [-0.25, -0.2) is 13.4 Å². The second-order valence-corrected chi connectivity index (χ2v) is 46.7. The minimum Gasteiger partial charge on any atom is -0.456 e. The second kappa shape index (κ2) is 41.7. The summed E-state index contributed by atoms with van der Waals surface area (Å²) in [4.78, 5) is 82.8. The number of fused-ring (bicyclic) bond motifs is 7. The maximum Gasteiger partial charge on any atom is 0.295 e. The summed E-state index contributed by atoms with van der Waals surface area (Å²) in [6, 6.07) is 42.7. The Hall–Kier alpha value is -12.1. The van der Waals surface area contributed by atoms with Crippen LogP contribution in [0.2, 0.25) is 0 Å². The number of nitrogens with one attached hydrogen (secondary N) is 5. The minimum atomic E-state index is -5.08. The first-order valence-corrected chi connectivity index (χ1v) is 55.6. The molecule has 31 nitrogen and oxygen atoms in total. The molecule has 0 unspecified atom stereocenters. The Bertz CT molecular complexity index is 7530. The van der Waals surface area contributed by atoms with Gasteiger partial charge >= 0.3 is 0 Å². The van der Waals surface area contributed by atoms with Crippen LogP contribution in [-0.4, -0.2) is 195 Å². The molecular weight excluding hydrogens is 1930 g/mol. The number of benzene rings is 9. The highest BCUT2D eigenvalue weighted by atomic mass is 32.2. The lowest BCUT2D eigenvalue weighted by atomic mass is 9.74. The number of unbranched alkanes of at least 4 members (excludes halogenated alkanes) is 3. The summed E-state index contributed by atoms with van der Waals surface area (Å²) in [6.45, 7) is 22.5. The van der Waals surface area contributed by atoms with Crippen molar-refractivity contribution in [2.75, 3.05) is 93.7 Å². The standard InChI is InChI=1S/C105H117N11O20S6/c1-67-32-39-79-88(60-67)136-89-61-74(115-55-46-71-25-15-17-28-86(71)115)38-41-80(89)95(79)81-26-16-18-29-90(81)138(122,123)114-53-44-73(45-54-114)98(118)107-49-22-19-27-84(109-101(121)105(47-20-11-21-48-105)111-99(119)72-36-34-70(35-37-72)85-66-137-102(110-85)113-58-56-112(8)57-59-113)100(120)108-51-50-106-94(117)31-14-10-23-52-116-87-43-42-78-83(63-76(140(127,128)129)65-92(78)142(133,134)135)97(87)104(6,7)93(116)30-13-9-12-24-69(3)103(4,5)96-68(2)33-40-77-82(96)62-75(139(124,125)126)64-91(77)141(130,131)132/h9,12-13,15-18,24-26,28-30,32-43,60-66,73,84H,1,3,10-11,14,19-23,27,31,44-59H2,2,4-8H3,(H,106,117)(H,107,118)(H,108,120)(H,109,121)(H,111,119)(H,124,125,126)(H,127,128,129)(H,130,131,132)(H,133,134,135)/b13-9+,24-12+,93-30-/t84-/m0/s1. The molecule has 0 bridgehead atoms. The van der Waals surface area contributed by atoms with Crippen LogP contribution in [0.25, 0.3) is 45.0 Å². The van der Waals surface area contributed by atoms with Crippen molar-refractivity contribution in [1.82, 2.24) is 40.8 Å². The molecule has 16 rings (SSSR count). The molecule has 6 heterocycles. The lowest BCUT2D eigenvalue weighted by Crippen LogP contribution is -2.62. The lowest BCUT2D eigenvalue weighted by Gasteiger charge is -2.37. The molecule has 37 heteroatoms. The number of amides is 5. The van der Waals surface area contributed by atoms with Gasteiger partial charge in [0, 0.05) is 173 Å². The van der Waals surface area contributed by atoms with E-state index in [4.69, 9.17) is 9.72 Å². The monoisotopic (exact) mass is 2040 g/mol. The van der Waals surface area contributed by atoms with Gasteiger partial charge in [0.2, 0.25) is 33.7 Å². The number of allylic oxidation sites excluding steroid dienone is 7. The SMILES string of the molecule is C=C(/C=C/C=C/C=C1\N(CCCCCC(=O)NCCNC(=O)[C@H](CCCCNC(=O)C2CCN(S(=O)(=O)c3ccccc3C3=c4ccc(=C)cc4Oc4cc(N5CCc6ccccc65)ccc43)CC2)NC(=O)C2(NC(=O)c3ccc(-c4csc(N5CCN(C)CC5)n4)cc3)CCCCC2)c2ccc3c(S(=O)(=O)O)cc(S(=O)(=O)O)cc3c2C1(C)C)C(C)(C)c1c(C)ccc2c(S(=O)(=O)O)cc(S(=O)(=O)O)cc12. The molecule has 0 spiro atoms. The van der Waals surface area contributed by atoms with Gasteiger partial charge in [0.25, 0.3) is 46.4 Å². The Kier molecular flexibility index (Phi) is 30.2. The molecule has 2 saturated heterocycles. The zero-order valence-electron chi connectivity index (χ0n) is 79.9. The largest absolute Gasteiger partial charge is 0.456 e. The van der Waals surface area contributed by atoms with E-state index < -0.39 is 116 Å². The molecule has 0 radical (unpaired) electrons. The predicted molar refractivity (Wildman–Crippen MR) is 549 cm³/mol. The number of hydrogen-bond acceptors (Lipinski definition) is 22. The summed E-state index contributed by atoms with van der Waals surface area (Å²) in [5.41, 5.74) is 6.87. The van der Waals surface area contributed by atoms with E-state index in [0.717, 1.165) is 101 Å². The Morgan fingerprint density at radius 2 is 1.30 bits per heavy atom. The van der Waals surface area contributed by atoms with Crippen molar-refractivity contribution in [2.24, 2.45) is 5.92 Å². The fourth-order valence-electron chi connectivity index (χ4n) is 20.5. The van der Waals surface area contributed by atoms with E-state index in [1.165, 1.54) is 22.0 Å². The average Bonchev–Trinajstić information content (AvgIpc) is 1.50. The van der Waals surface area contributed by atoms with Gasteiger partial charge in [-0.1, -0.05) is 170 Å². The van der Waals surface area contributed by atoms with Crippen LogP contribution in [0.5, 0.6) is 11.5 Å². The molecule has 6 aliphatic rings. The fourth-order valence-corrected chi connectivity index (χ4v) is 25.7. The van der Waals surface area contributed by atoms with Gasteiger partial charge < -0.3 is 50.9 Å². The van der Waals surface area contributed by atoms with Gasteiger partial charge in [-0.3, -0.25) is 42.2 Å². The Labute approximate surface area is 832 Å². The number of carbonyl (C=O) groups excluding carboxylic acids is 5. The number of para-hydroxylation sites is 1. The molecule has 10 aromatic rings. The van der Waals surface area contributed by atoms with Gasteiger partial charge in [-0.05, 0) is 201 Å². The van der Waals surface area contributed by atoms with E-state index >= 15 is 13.2 Å². The molecule has 3 fully saturated rings. The summed E-state index contributed by atoms with van der Waals surface area (Å²) in [7, 11) is -22.2. The normalized spacial score (nSPS) is 17.0. The van der Waals surface area contributed by atoms with Crippen LogP contribution in [0.1, 0.15) is 161 Å². The molecule has 1 saturated carbocycles. The summed E-state index contributed by atoms with van der Waals surface area (Å²) in [5.74, 6) is -1.48. The lowest BCUT2D eigenvalue weighted by molar-refractivity contribution is -0.133. The van der Waals surface area contributed by atoms with Crippen LogP contribution in [0.3, 0.4) is 0 Å². The van der Waals surface area contributed by atoms with Crippen molar-refractivity contribution < 1.29 is 89.0 Å². The Morgan fingerprint density at radius 1 is 0.627 bits per heavy atom. The first kappa shape index (κ1) is 103. The van der Waals surface area contributed by atoms with Crippen LogP contribution in [0.15, 0.2) is 236 Å². The number of hydrogen-bond donors (Lipinski definition) is 9. The number of carbonyl (C=O) groups is 5. The van der Waals surface area contributed by atoms with Crippen LogP contribution in [0, 0.1) is 12.8 Å². The molecule has 142 heavy (non-hydrogen) atoms. The number of piperazine rings is 1. The highest BCUT2D eigenvalue weighted by Gasteiger charge is 2.46. The average molecular weight is 2050 g/mol. The number of nitrogens with zero attached hydrogens (tertiary/aromatic N) is 6. The summed E-state index contributed by atoms with van der Waals surface area (Å²) in [5, 5.41) is 19.6. The molecule has 5 amide bonds. The van der Waals surface area contributed by atoms with Crippen molar-refractivity contribution >= 4 is 147 Å². The second-order valence-electron chi connectivity index (χ2n) is 38.3. The number of aryl methyl sites for hydroxylation is 1. The van der Waals surface area contributed by atoms with E-state index in [2.05, 4.69) is 73.6 Å². The maximum atomic E-state index is 15.1. The van der Waals surface area contributed by atoms with Crippen LogP contribution < -0.4 is 56.5 Å². The summed E-state index contributed by atoms with van der Waals surface area (Å²) in [6.07, 6.45) is 14.9. The van der Waals surface area contributed by atoms with E-state index in [1.807, 2.05) is 96.9 Å². The Morgan fingerprint density at radius 3 is 2.00 bits per heavy atom. The highest BCUT2D eigenvalue weighted by molar-refractivity contribution is 7.89. The number of thiazole rings is 1. The van der Waals surface area contributed by atoms with Crippen molar-refractivity contribution in [2.45, 2.75) is 178 Å². The van der Waals surface area contributed by atoms with Crippen molar-refractivity contribution in [3.05, 3.63) is 261 Å². The van der Waals surface area contributed by atoms with Gasteiger partial charge in [0.1, 0.15) is 32.9 Å². The van der Waals surface area contributed by atoms with Gasteiger partial charge in [-0.2, -0.15) is 38.0 Å². The predicted octanol–water partition coefficient (Wildman–Crippen LogP) is 14.0. The van der Waals surface area contributed by atoms with Crippen LogP contribution in [0.4, 0.5) is 22.2 Å². The smallest absolute Gasteiger partial charge is 0.295 e. The van der Waals surface area contributed by atoms with Crippen molar-refractivity contribution in [1.29, 1.82) is 0 Å². The fraction of sp³-hybridized carbons (Fsp3) is 0.352. The number of piperidine rings is 1. The summed E-state index contributed by atoms with van der Waals surface area (Å²) >= 11 is 1.57. The van der Waals surface area contributed by atoms with E-state index in [-0.39, 0.29) is 96.7 Å². The molecule has 1 atom stereocenters. The topological polar surface area (TPSA) is 435 Å².